The van der Waals surface area contributed by atoms with E-state index in [4.69, 9.17) is 11.6 Å². The van der Waals surface area contributed by atoms with E-state index < -0.39 is 14.9 Å². The lowest BCUT2D eigenvalue weighted by atomic mass is 10.1. The number of nitro benzene ring substituents is 1. The molecule has 0 spiro atoms. The van der Waals surface area contributed by atoms with Crippen LogP contribution < -0.4 is 4.72 Å². The summed E-state index contributed by atoms with van der Waals surface area (Å²) in [4.78, 5) is 11.9. The molecule has 0 aromatic heterocycles. The number of hydrogen-bond acceptors (Lipinski definition) is 5. The Balaban J connectivity index is 2.15. The average Bonchev–Trinajstić information content (AvgIpc) is 2.82. The predicted molar refractivity (Wildman–Crippen MR) is 78.9 cm³/mol. The number of rotatable bonds is 5. The summed E-state index contributed by atoms with van der Waals surface area (Å²) < 4.78 is 27.0. The van der Waals surface area contributed by atoms with Gasteiger partial charge < -0.3 is 4.90 Å². The highest BCUT2D eigenvalue weighted by Crippen LogP contribution is 2.26. The molecule has 0 bridgehead atoms. The van der Waals surface area contributed by atoms with Crippen molar-refractivity contribution in [2.24, 2.45) is 5.92 Å². The molecule has 1 aliphatic rings. The molecule has 1 unspecified atom stereocenters. The monoisotopic (exact) mass is 333 g/mol. The Bertz CT molecular complexity index is 650. The maximum Gasteiger partial charge on any atom is 0.270 e. The molecule has 0 radical (unpaired) electrons. The normalized spacial score (nSPS) is 19.8. The number of likely N-dealkylation sites (tertiary alicyclic amines) is 1. The third kappa shape index (κ3) is 3.91. The molecule has 1 saturated heterocycles. The summed E-state index contributed by atoms with van der Waals surface area (Å²) in [5.74, 6) is 0.238. The molecule has 0 aliphatic carbocycles. The topological polar surface area (TPSA) is 92.6 Å². The van der Waals surface area contributed by atoms with E-state index in [9.17, 15) is 18.5 Å². The van der Waals surface area contributed by atoms with Gasteiger partial charge in [-0.05, 0) is 32.0 Å². The Hall–Kier alpha value is -1.22. The van der Waals surface area contributed by atoms with E-state index in [2.05, 4.69) is 9.62 Å². The van der Waals surface area contributed by atoms with Crippen molar-refractivity contribution in [2.75, 3.05) is 26.7 Å². The smallest absolute Gasteiger partial charge is 0.270 e. The van der Waals surface area contributed by atoms with Crippen LogP contribution in [0.5, 0.6) is 0 Å². The summed E-state index contributed by atoms with van der Waals surface area (Å²) in [5, 5.41) is 10.7. The minimum absolute atomic E-state index is 0.0309. The molecule has 116 valence electrons. The predicted octanol–water partition coefficient (Wildman–Crippen LogP) is 1.48. The fraction of sp³-hybridized carbons (Fsp3) is 0.500. The molecule has 21 heavy (non-hydrogen) atoms. The van der Waals surface area contributed by atoms with Gasteiger partial charge in [0.05, 0.1) is 9.95 Å². The van der Waals surface area contributed by atoms with Gasteiger partial charge >= 0.3 is 0 Å². The van der Waals surface area contributed by atoms with Gasteiger partial charge in [-0.15, -0.1) is 0 Å². The van der Waals surface area contributed by atoms with Gasteiger partial charge in [-0.2, -0.15) is 0 Å². The molecule has 1 heterocycles. The van der Waals surface area contributed by atoms with Crippen LogP contribution >= 0.6 is 11.6 Å². The molecule has 1 aromatic carbocycles. The third-order valence-corrected chi connectivity index (χ3v) is 5.37. The van der Waals surface area contributed by atoms with E-state index in [1.807, 2.05) is 7.05 Å². The van der Waals surface area contributed by atoms with Gasteiger partial charge in [0, 0.05) is 25.2 Å². The van der Waals surface area contributed by atoms with Gasteiger partial charge in [-0.1, -0.05) is 11.6 Å². The summed E-state index contributed by atoms with van der Waals surface area (Å²) in [5.41, 5.74) is -0.305. The van der Waals surface area contributed by atoms with E-state index in [0.717, 1.165) is 25.6 Å². The maximum atomic E-state index is 12.2. The highest BCUT2D eigenvalue weighted by molar-refractivity contribution is 7.89. The minimum atomic E-state index is -3.86. The minimum Gasteiger partial charge on any atom is -0.306 e. The van der Waals surface area contributed by atoms with E-state index in [0.29, 0.717) is 6.54 Å². The lowest BCUT2D eigenvalue weighted by Crippen LogP contribution is -2.30. The first-order valence-corrected chi connectivity index (χ1v) is 8.28. The highest BCUT2D eigenvalue weighted by Gasteiger charge is 2.25. The second-order valence-corrected chi connectivity index (χ2v) is 7.28. The SMILES string of the molecule is CN1CCC(CNS(=O)(=O)c2cc([N+](=O)[O-])ccc2Cl)C1. The van der Waals surface area contributed by atoms with Crippen molar-refractivity contribution in [3.63, 3.8) is 0 Å². The Morgan fingerprint density at radius 3 is 2.81 bits per heavy atom. The Labute approximate surface area is 128 Å². The molecule has 1 atom stereocenters. The zero-order valence-electron chi connectivity index (χ0n) is 11.5. The Morgan fingerprint density at radius 2 is 2.24 bits per heavy atom. The lowest BCUT2D eigenvalue weighted by molar-refractivity contribution is -0.385. The fourth-order valence-corrected chi connectivity index (χ4v) is 3.94. The Kier molecular flexibility index (Phi) is 4.82. The van der Waals surface area contributed by atoms with Crippen molar-refractivity contribution in [1.82, 2.24) is 9.62 Å². The van der Waals surface area contributed by atoms with E-state index >= 15 is 0 Å². The molecule has 1 N–H and O–H groups in total. The summed E-state index contributed by atoms with van der Waals surface area (Å²) >= 11 is 5.85. The number of halogens is 1. The zero-order chi connectivity index (χ0) is 15.6. The number of sulfonamides is 1. The number of nitro groups is 1. The van der Waals surface area contributed by atoms with Crippen LogP contribution in [0.1, 0.15) is 6.42 Å². The summed E-state index contributed by atoms with van der Waals surface area (Å²) in [6.07, 6.45) is 0.918. The van der Waals surface area contributed by atoms with Crippen molar-refractivity contribution in [1.29, 1.82) is 0 Å². The summed E-state index contributed by atoms with van der Waals surface area (Å²) in [6.45, 7) is 2.06. The standard InChI is InChI=1S/C12H16ClN3O4S/c1-15-5-4-9(8-15)7-14-21(19,20)12-6-10(16(17)18)2-3-11(12)13/h2-3,6,9,14H,4-5,7-8H2,1H3. The zero-order valence-corrected chi connectivity index (χ0v) is 13.0. The second-order valence-electron chi connectivity index (χ2n) is 5.14. The van der Waals surface area contributed by atoms with Gasteiger partial charge in [0.25, 0.3) is 5.69 Å². The van der Waals surface area contributed by atoms with Gasteiger partial charge in [-0.25, -0.2) is 13.1 Å². The molecule has 9 heteroatoms. The largest absolute Gasteiger partial charge is 0.306 e. The molecule has 0 saturated carbocycles. The first-order valence-electron chi connectivity index (χ1n) is 6.42. The molecule has 2 rings (SSSR count). The van der Waals surface area contributed by atoms with Crippen molar-refractivity contribution in [3.8, 4) is 0 Å². The van der Waals surface area contributed by atoms with Crippen molar-refractivity contribution in [3.05, 3.63) is 33.3 Å². The van der Waals surface area contributed by atoms with Crippen LogP contribution in [0.25, 0.3) is 0 Å². The van der Waals surface area contributed by atoms with Crippen molar-refractivity contribution < 1.29 is 13.3 Å². The van der Waals surface area contributed by atoms with E-state index in [1.165, 1.54) is 12.1 Å². The molecule has 7 nitrogen and oxygen atoms in total. The lowest BCUT2D eigenvalue weighted by Gasteiger charge is -2.12. The van der Waals surface area contributed by atoms with Crippen LogP contribution in [0.3, 0.4) is 0 Å². The number of nitrogens with one attached hydrogen (secondary N) is 1. The van der Waals surface area contributed by atoms with Crippen molar-refractivity contribution in [2.45, 2.75) is 11.3 Å². The first kappa shape index (κ1) is 16.2. The van der Waals surface area contributed by atoms with Gasteiger partial charge in [0.15, 0.2) is 0 Å². The van der Waals surface area contributed by atoms with Crippen LogP contribution in [-0.4, -0.2) is 44.9 Å². The molecule has 1 aliphatic heterocycles. The number of nitrogens with zero attached hydrogens (tertiary/aromatic N) is 2. The van der Waals surface area contributed by atoms with E-state index in [1.54, 1.807) is 0 Å². The fourth-order valence-electron chi connectivity index (χ4n) is 2.31. The average molecular weight is 334 g/mol. The quantitative estimate of drug-likeness (QED) is 0.650. The van der Waals surface area contributed by atoms with Gasteiger partial charge in [-0.3, -0.25) is 10.1 Å². The van der Waals surface area contributed by atoms with Crippen LogP contribution in [0.4, 0.5) is 5.69 Å². The molecular weight excluding hydrogens is 318 g/mol. The van der Waals surface area contributed by atoms with Gasteiger partial charge in [0.2, 0.25) is 10.0 Å². The molecule has 1 aromatic rings. The summed E-state index contributed by atoms with van der Waals surface area (Å²) in [6, 6.07) is 3.37. The van der Waals surface area contributed by atoms with Crippen LogP contribution in [0.2, 0.25) is 5.02 Å². The summed E-state index contributed by atoms with van der Waals surface area (Å²) in [7, 11) is -1.88. The second kappa shape index (κ2) is 6.27. The van der Waals surface area contributed by atoms with E-state index in [-0.39, 0.29) is 21.5 Å². The van der Waals surface area contributed by atoms with Crippen LogP contribution in [0.15, 0.2) is 23.1 Å². The molecular formula is C12H16ClN3O4S. The highest BCUT2D eigenvalue weighted by atomic mass is 35.5. The Morgan fingerprint density at radius 1 is 1.52 bits per heavy atom. The number of non-ortho nitro benzene ring substituents is 1. The number of hydrogen-bond donors (Lipinski definition) is 1. The number of benzene rings is 1. The van der Waals surface area contributed by atoms with Gasteiger partial charge in [0.1, 0.15) is 4.90 Å². The first-order chi connectivity index (χ1) is 9.79. The third-order valence-electron chi connectivity index (χ3n) is 3.47. The van der Waals surface area contributed by atoms with Crippen molar-refractivity contribution >= 4 is 27.3 Å². The van der Waals surface area contributed by atoms with Crippen LogP contribution in [-0.2, 0) is 10.0 Å². The van der Waals surface area contributed by atoms with Crippen LogP contribution in [0, 0.1) is 16.0 Å². The molecule has 0 amide bonds. The molecule has 1 fully saturated rings. The maximum absolute atomic E-state index is 12.2.